The first-order chi connectivity index (χ1) is 12.3. The van der Waals surface area contributed by atoms with E-state index in [-0.39, 0.29) is 5.92 Å². The van der Waals surface area contributed by atoms with Crippen molar-refractivity contribution in [1.29, 1.82) is 0 Å². The summed E-state index contributed by atoms with van der Waals surface area (Å²) in [7, 11) is 0. The van der Waals surface area contributed by atoms with Crippen molar-refractivity contribution >= 4 is 23.3 Å². The molecule has 1 heterocycles. The topological polar surface area (TPSA) is 75.3 Å². The molecule has 134 valence electrons. The second-order valence-corrected chi connectivity index (χ2v) is 7.01. The fraction of sp³-hybridized carbons (Fsp3) is 0.286. The Morgan fingerprint density at radius 3 is 2.31 bits per heavy atom. The number of nitrogens with one attached hydrogen (secondary N) is 2. The van der Waals surface area contributed by atoms with E-state index >= 15 is 0 Å². The summed E-state index contributed by atoms with van der Waals surface area (Å²) in [4.78, 5) is 38.1. The Balaban J connectivity index is 1.87. The predicted molar refractivity (Wildman–Crippen MR) is 99.6 cm³/mol. The minimum absolute atomic E-state index is 0.203. The van der Waals surface area contributed by atoms with Gasteiger partial charge >= 0.3 is 0 Å². The summed E-state index contributed by atoms with van der Waals surface area (Å²) in [6.45, 7) is 5.67. The molecule has 3 rings (SSSR count). The van der Waals surface area contributed by atoms with Crippen LogP contribution in [0.3, 0.4) is 0 Å². The lowest BCUT2D eigenvalue weighted by Crippen LogP contribution is -2.40. The quantitative estimate of drug-likeness (QED) is 0.833. The first-order valence-electron chi connectivity index (χ1n) is 8.66. The molecule has 26 heavy (non-hydrogen) atoms. The van der Waals surface area contributed by atoms with Crippen molar-refractivity contribution in [3.63, 3.8) is 0 Å². The lowest BCUT2D eigenvalue weighted by molar-refractivity contribution is -0.135. The van der Waals surface area contributed by atoms with Crippen LogP contribution in [0.5, 0.6) is 0 Å². The summed E-state index contributed by atoms with van der Waals surface area (Å²) in [6, 6.07) is 16.4. The van der Waals surface area contributed by atoms with Crippen LogP contribution in [0.4, 0.5) is 5.69 Å². The molecule has 0 aromatic heterocycles. The molecule has 0 radical (unpaired) electrons. The van der Waals surface area contributed by atoms with Crippen LogP contribution in [0.2, 0.25) is 0 Å². The second kappa shape index (κ2) is 6.75. The maximum Gasteiger partial charge on any atom is 0.244 e. The zero-order valence-electron chi connectivity index (χ0n) is 15.1. The molecule has 0 aliphatic carbocycles. The standard InChI is InChI=1S/C21H22N2O3/c1-13(2)15-11-7-8-12-16(15)22-19(25)17-18(24)21(3,23-20(17)26)14-9-5-4-6-10-14/h4-13,17H,1-3H3,(H,22,25)(H,23,26). The van der Waals surface area contributed by atoms with Crippen molar-refractivity contribution in [1.82, 2.24) is 5.32 Å². The smallest absolute Gasteiger partial charge is 0.244 e. The Morgan fingerprint density at radius 1 is 1.04 bits per heavy atom. The van der Waals surface area contributed by atoms with Gasteiger partial charge in [0, 0.05) is 5.69 Å². The molecule has 5 nitrogen and oxygen atoms in total. The molecular weight excluding hydrogens is 328 g/mol. The van der Waals surface area contributed by atoms with Gasteiger partial charge in [0.2, 0.25) is 11.8 Å². The molecular formula is C21H22N2O3. The molecule has 1 fully saturated rings. The van der Waals surface area contributed by atoms with Crippen molar-refractivity contribution in [3.8, 4) is 0 Å². The number of benzene rings is 2. The van der Waals surface area contributed by atoms with E-state index in [9.17, 15) is 14.4 Å². The number of anilines is 1. The van der Waals surface area contributed by atoms with Crippen molar-refractivity contribution in [3.05, 3.63) is 65.7 Å². The third-order valence-corrected chi connectivity index (χ3v) is 4.84. The number of carbonyl (C=O) groups is 3. The number of para-hydroxylation sites is 1. The Bertz CT molecular complexity index is 861. The molecule has 1 aliphatic heterocycles. The number of carbonyl (C=O) groups excluding carboxylic acids is 3. The van der Waals surface area contributed by atoms with Crippen LogP contribution in [-0.2, 0) is 19.9 Å². The van der Waals surface area contributed by atoms with E-state index in [1.54, 1.807) is 37.3 Å². The van der Waals surface area contributed by atoms with Crippen LogP contribution in [0, 0.1) is 5.92 Å². The Hall–Kier alpha value is -2.95. The third-order valence-electron chi connectivity index (χ3n) is 4.84. The van der Waals surface area contributed by atoms with E-state index in [1.807, 2.05) is 38.1 Å². The van der Waals surface area contributed by atoms with Crippen LogP contribution >= 0.6 is 0 Å². The van der Waals surface area contributed by atoms with E-state index in [0.29, 0.717) is 11.3 Å². The van der Waals surface area contributed by atoms with Gasteiger partial charge in [-0.15, -0.1) is 0 Å². The molecule has 2 unspecified atom stereocenters. The monoisotopic (exact) mass is 350 g/mol. The van der Waals surface area contributed by atoms with Crippen LogP contribution < -0.4 is 10.6 Å². The molecule has 5 heteroatoms. The van der Waals surface area contributed by atoms with E-state index < -0.39 is 29.1 Å². The van der Waals surface area contributed by atoms with Gasteiger partial charge in [0.25, 0.3) is 0 Å². The van der Waals surface area contributed by atoms with Crippen LogP contribution in [0.25, 0.3) is 0 Å². The first kappa shape index (κ1) is 17.9. The minimum atomic E-state index is -1.36. The molecule has 1 saturated heterocycles. The predicted octanol–water partition coefficient (Wildman–Crippen LogP) is 2.98. The van der Waals surface area contributed by atoms with Crippen LogP contribution in [0.1, 0.15) is 37.8 Å². The number of hydrogen-bond acceptors (Lipinski definition) is 3. The number of Topliss-reactive ketones (excluding diaryl/α,β-unsaturated/α-hetero) is 1. The van der Waals surface area contributed by atoms with Gasteiger partial charge in [0.15, 0.2) is 11.7 Å². The Labute approximate surface area is 152 Å². The molecule has 2 atom stereocenters. The first-order valence-corrected chi connectivity index (χ1v) is 8.66. The average molecular weight is 350 g/mol. The van der Waals surface area contributed by atoms with Crippen molar-refractivity contribution in [2.24, 2.45) is 5.92 Å². The highest BCUT2D eigenvalue weighted by atomic mass is 16.2. The van der Waals surface area contributed by atoms with Crippen molar-refractivity contribution in [2.75, 3.05) is 5.32 Å². The van der Waals surface area contributed by atoms with Gasteiger partial charge in [-0.05, 0) is 30.0 Å². The number of ketones is 1. The van der Waals surface area contributed by atoms with Crippen LogP contribution in [0.15, 0.2) is 54.6 Å². The molecule has 2 aromatic carbocycles. The van der Waals surface area contributed by atoms with Crippen molar-refractivity contribution < 1.29 is 14.4 Å². The Morgan fingerprint density at radius 2 is 1.65 bits per heavy atom. The van der Waals surface area contributed by atoms with Gasteiger partial charge in [-0.25, -0.2) is 0 Å². The molecule has 0 spiro atoms. The molecule has 1 aliphatic rings. The summed E-state index contributed by atoms with van der Waals surface area (Å²) in [5.41, 5.74) is 1.05. The third kappa shape index (κ3) is 3.01. The maximum atomic E-state index is 12.9. The zero-order valence-corrected chi connectivity index (χ0v) is 15.1. The van der Waals surface area contributed by atoms with Gasteiger partial charge in [0.1, 0.15) is 5.54 Å². The molecule has 2 amide bonds. The highest BCUT2D eigenvalue weighted by Crippen LogP contribution is 2.32. The molecule has 2 N–H and O–H groups in total. The SMILES string of the molecule is CC(C)c1ccccc1NC(=O)C1C(=O)NC(C)(c2ccccc2)C1=O. The fourth-order valence-corrected chi connectivity index (χ4v) is 3.33. The summed E-state index contributed by atoms with van der Waals surface area (Å²) in [5.74, 6) is -2.76. The fourth-order valence-electron chi connectivity index (χ4n) is 3.33. The number of rotatable bonds is 4. The number of amides is 2. The minimum Gasteiger partial charge on any atom is -0.339 e. The summed E-state index contributed by atoms with van der Waals surface area (Å²) in [6.07, 6.45) is 0. The Kier molecular flexibility index (Phi) is 4.64. The molecule has 0 saturated carbocycles. The van der Waals surface area contributed by atoms with Gasteiger partial charge in [-0.2, -0.15) is 0 Å². The summed E-state index contributed by atoms with van der Waals surface area (Å²) >= 11 is 0. The van der Waals surface area contributed by atoms with Gasteiger partial charge in [-0.1, -0.05) is 62.4 Å². The van der Waals surface area contributed by atoms with Crippen molar-refractivity contribution in [2.45, 2.75) is 32.2 Å². The summed E-state index contributed by atoms with van der Waals surface area (Å²) in [5, 5.41) is 5.46. The van der Waals surface area contributed by atoms with E-state index in [4.69, 9.17) is 0 Å². The normalized spacial score (nSPS) is 22.4. The molecule has 2 aromatic rings. The van der Waals surface area contributed by atoms with E-state index in [0.717, 1.165) is 5.56 Å². The van der Waals surface area contributed by atoms with Gasteiger partial charge in [0.05, 0.1) is 0 Å². The highest BCUT2D eigenvalue weighted by Gasteiger charge is 2.53. The lowest BCUT2D eigenvalue weighted by atomic mass is 9.85. The highest BCUT2D eigenvalue weighted by molar-refractivity contribution is 6.27. The largest absolute Gasteiger partial charge is 0.339 e. The maximum absolute atomic E-state index is 12.9. The van der Waals surface area contributed by atoms with Gasteiger partial charge < -0.3 is 10.6 Å². The second-order valence-electron chi connectivity index (χ2n) is 7.01. The van der Waals surface area contributed by atoms with E-state index in [2.05, 4.69) is 10.6 Å². The molecule has 0 bridgehead atoms. The zero-order chi connectivity index (χ0) is 18.9. The summed E-state index contributed by atoms with van der Waals surface area (Å²) < 4.78 is 0. The lowest BCUT2D eigenvalue weighted by Gasteiger charge is -2.22. The van der Waals surface area contributed by atoms with Gasteiger partial charge in [-0.3, -0.25) is 14.4 Å². The number of hydrogen-bond donors (Lipinski definition) is 2. The van der Waals surface area contributed by atoms with E-state index in [1.165, 1.54) is 0 Å². The average Bonchev–Trinajstić information content (AvgIpc) is 2.86. The van der Waals surface area contributed by atoms with Crippen LogP contribution in [-0.4, -0.2) is 17.6 Å².